The quantitative estimate of drug-likeness (QED) is 0.768. The van der Waals surface area contributed by atoms with Gasteiger partial charge in [-0.05, 0) is 29.0 Å². The molecule has 100 valence electrons. The molecule has 3 heteroatoms. The molecule has 0 aliphatic carbocycles. The summed E-state index contributed by atoms with van der Waals surface area (Å²) >= 11 is 0. The van der Waals surface area contributed by atoms with Crippen molar-refractivity contribution in [1.82, 2.24) is 0 Å². The lowest BCUT2D eigenvalue weighted by atomic mass is 9.74. The van der Waals surface area contributed by atoms with Gasteiger partial charge in [0.15, 0.2) is 0 Å². The maximum absolute atomic E-state index is 11.5. The number of ether oxygens (including phenoxy) is 2. The third-order valence-electron chi connectivity index (χ3n) is 3.16. The molecule has 0 bridgehead atoms. The van der Waals surface area contributed by atoms with E-state index in [1.165, 1.54) is 7.11 Å². The van der Waals surface area contributed by atoms with E-state index in [0.29, 0.717) is 6.42 Å². The molecule has 1 atom stereocenters. The van der Waals surface area contributed by atoms with Crippen molar-refractivity contribution >= 4 is 5.97 Å². The highest BCUT2D eigenvalue weighted by Crippen LogP contribution is 2.38. The van der Waals surface area contributed by atoms with Crippen molar-refractivity contribution in [3.8, 4) is 5.75 Å². The van der Waals surface area contributed by atoms with Crippen LogP contribution in [0.25, 0.3) is 0 Å². The molecule has 1 aromatic carbocycles. The minimum absolute atomic E-state index is 0.00276. The first kappa shape index (κ1) is 14.6. The molecule has 0 spiro atoms. The zero-order valence-corrected chi connectivity index (χ0v) is 11.8. The molecule has 3 nitrogen and oxygen atoms in total. The van der Waals surface area contributed by atoms with Gasteiger partial charge in [-0.25, -0.2) is 0 Å². The van der Waals surface area contributed by atoms with Crippen LogP contribution in [0.3, 0.4) is 0 Å². The molecule has 1 unspecified atom stereocenters. The van der Waals surface area contributed by atoms with Gasteiger partial charge in [-0.15, -0.1) is 0 Å². The van der Waals surface area contributed by atoms with E-state index in [1.54, 1.807) is 7.11 Å². The molecule has 18 heavy (non-hydrogen) atoms. The van der Waals surface area contributed by atoms with Crippen LogP contribution in [-0.4, -0.2) is 20.2 Å². The van der Waals surface area contributed by atoms with E-state index in [0.717, 1.165) is 11.3 Å². The summed E-state index contributed by atoms with van der Waals surface area (Å²) in [7, 11) is 3.07. The van der Waals surface area contributed by atoms with Crippen LogP contribution in [0.2, 0.25) is 0 Å². The summed E-state index contributed by atoms with van der Waals surface area (Å²) in [6.07, 6.45) is 0.395. The van der Waals surface area contributed by atoms with E-state index in [1.807, 2.05) is 24.3 Å². The number of carbonyl (C=O) groups excluding carboxylic acids is 1. The number of hydrogen-bond acceptors (Lipinski definition) is 3. The minimum atomic E-state index is -0.175. The third kappa shape index (κ3) is 3.76. The van der Waals surface area contributed by atoms with Gasteiger partial charge in [0, 0.05) is 0 Å². The second kappa shape index (κ2) is 5.89. The number of hydrogen-bond donors (Lipinski definition) is 0. The normalized spacial score (nSPS) is 12.9. The van der Waals surface area contributed by atoms with Gasteiger partial charge in [-0.3, -0.25) is 4.79 Å². The largest absolute Gasteiger partial charge is 0.497 e. The Morgan fingerprint density at radius 1 is 1.17 bits per heavy atom. The summed E-state index contributed by atoms with van der Waals surface area (Å²) < 4.78 is 9.92. The molecule has 0 radical (unpaired) electrons. The smallest absolute Gasteiger partial charge is 0.306 e. The first-order valence-electron chi connectivity index (χ1n) is 6.09. The van der Waals surface area contributed by atoms with Crippen LogP contribution in [-0.2, 0) is 9.53 Å². The number of methoxy groups -OCH3 is 2. The molecular weight excluding hydrogens is 228 g/mol. The van der Waals surface area contributed by atoms with Gasteiger partial charge in [-0.1, -0.05) is 32.9 Å². The third-order valence-corrected chi connectivity index (χ3v) is 3.16. The zero-order valence-electron chi connectivity index (χ0n) is 11.8. The standard InChI is InChI=1S/C15H22O3/c1-15(2,3)13(10-14(16)18-5)11-6-8-12(17-4)9-7-11/h6-9,13H,10H2,1-5H3. The van der Waals surface area contributed by atoms with Crippen molar-refractivity contribution in [3.63, 3.8) is 0 Å². The van der Waals surface area contributed by atoms with Gasteiger partial charge in [0.2, 0.25) is 0 Å². The Morgan fingerprint density at radius 2 is 1.72 bits per heavy atom. The van der Waals surface area contributed by atoms with Gasteiger partial charge in [0.05, 0.1) is 20.6 Å². The highest BCUT2D eigenvalue weighted by Gasteiger charge is 2.28. The molecule has 1 aromatic rings. The fourth-order valence-corrected chi connectivity index (χ4v) is 2.01. The molecule has 0 aromatic heterocycles. The Bertz CT molecular complexity index is 387. The molecule has 0 saturated carbocycles. The molecule has 0 fully saturated rings. The van der Waals surface area contributed by atoms with Gasteiger partial charge >= 0.3 is 5.97 Å². The Labute approximate surface area is 109 Å². The molecule has 0 aliphatic heterocycles. The van der Waals surface area contributed by atoms with E-state index < -0.39 is 0 Å². The summed E-state index contributed by atoms with van der Waals surface area (Å²) in [5, 5.41) is 0. The first-order valence-corrected chi connectivity index (χ1v) is 6.09. The van der Waals surface area contributed by atoms with E-state index >= 15 is 0 Å². The Hall–Kier alpha value is -1.51. The summed E-state index contributed by atoms with van der Waals surface area (Å²) in [6.45, 7) is 6.39. The fraction of sp³-hybridized carbons (Fsp3) is 0.533. The highest BCUT2D eigenvalue weighted by molar-refractivity contribution is 5.70. The Balaban J connectivity index is 2.98. The van der Waals surface area contributed by atoms with Crippen LogP contribution >= 0.6 is 0 Å². The summed E-state index contributed by atoms with van der Waals surface area (Å²) in [4.78, 5) is 11.5. The van der Waals surface area contributed by atoms with Crippen LogP contribution in [0.1, 0.15) is 38.7 Å². The topological polar surface area (TPSA) is 35.5 Å². The van der Waals surface area contributed by atoms with Crippen LogP contribution in [0, 0.1) is 5.41 Å². The first-order chi connectivity index (χ1) is 8.38. The maximum atomic E-state index is 11.5. The predicted molar refractivity (Wildman–Crippen MR) is 71.8 cm³/mol. The lowest BCUT2D eigenvalue weighted by molar-refractivity contribution is -0.141. The molecule has 0 heterocycles. The van der Waals surface area contributed by atoms with Crippen molar-refractivity contribution in [3.05, 3.63) is 29.8 Å². The van der Waals surface area contributed by atoms with E-state index in [2.05, 4.69) is 20.8 Å². The van der Waals surface area contributed by atoms with Crippen LogP contribution in [0.15, 0.2) is 24.3 Å². The maximum Gasteiger partial charge on any atom is 0.306 e. The van der Waals surface area contributed by atoms with Crippen LogP contribution < -0.4 is 4.74 Å². The van der Waals surface area contributed by atoms with Crippen LogP contribution in [0.5, 0.6) is 5.75 Å². The monoisotopic (exact) mass is 250 g/mol. The highest BCUT2D eigenvalue weighted by atomic mass is 16.5. The van der Waals surface area contributed by atoms with Gasteiger partial charge in [0.25, 0.3) is 0 Å². The molecule has 1 rings (SSSR count). The summed E-state index contributed by atoms with van der Waals surface area (Å²) in [6, 6.07) is 7.87. The average molecular weight is 250 g/mol. The molecular formula is C15H22O3. The molecule has 0 saturated heterocycles. The van der Waals surface area contributed by atoms with E-state index in [-0.39, 0.29) is 17.3 Å². The van der Waals surface area contributed by atoms with Crippen molar-refractivity contribution in [2.24, 2.45) is 5.41 Å². The average Bonchev–Trinajstić information content (AvgIpc) is 2.34. The molecule has 0 amide bonds. The Morgan fingerprint density at radius 3 is 2.11 bits per heavy atom. The number of carbonyl (C=O) groups is 1. The molecule has 0 aliphatic rings. The number of rotatable bonds is 4. The predicted octanol–water partition coefficient (Wildman–Crippen LogP) is 3.39. The van der Waals surface area contributed by atoms with Gasteiger partial charge in [-0.2, -0.15) is 0 Å². The zero-order chi connectivity index (χ0) is 13.8. The minimum Gasteiger partial charge on any atom is -0.497 e. The second-order valence-corrected chi connectivity index (χ2v) is 5.47. The van der Waals surface area contributed by atoms with Crippen LogP contribution in [0.4, 0.5) is 0 Å². The molecule has 0 N–H and O–H groups in total. The van der Waals surface area contributed by atoms with Gasteiger partial charge in [0.1, 0.15) is 5.75 Å². The second-order valence-electron chi connectivity index (χ2n) is 5.47. The van der Waals surface area contributed by atoms with Crippen molar-refractivity contribution in [2.45, 2.75) is 33.1 Å². The fourth-order valence-electron chi connectivity index (χ4n) is 2.01. The lowest BCUT2D eigenvalue weighted by Gasteiger charge is -2.30. The SMILES string of the molecule is COC(=O)CC(c1ccc(OC)cc1)C(C)(C)C. The number of esters is 1. The van der Waals surface area contributed by atoms with Crippen molar-refractivity contribution < 1.29 is 14.3 Å². The Kier molecular flexibility index (Phi) is 4.76. The van der Waals surface area contributed by atoms with Gasteiger partial charge < -0.3 is 9.47 Å². The summed E-state index contributed by atoms with van der Waals surface area (Å²) in [5.74, 6) is 0.783. The summed E-state index contributed by atoms with van der Waals surface area (Å²) in [5.41, 5.74) is 1.14. The van der Waals surface area contributed by atoms with Crippen molar-refractivity contribution in [1.29, 1.82) is 0 Å². The number of benzene rings is 1. The van der Waals surface area contributed by atoms with E-state index in [9.17, 15) is 4.79 Å². The van der Waals surface area contributed by atoms with E-state index in [4.69, 9.17) is 9.47 Å². The lowest BCUT2D eigenvalue weighted by Crippen LogP contribution is -2.22. The van der Waals surface area contributed by atoms with Crippen molar-refractivity contribution in [2.75, 3.05) is 14.2 Å².